The van der Waals surface area contributed by atoms with Gasteiger partial charge in [0.25, 0.3) is 0 Å². The highest BCUT2D eigenvalue weighted by Crippen LogP contribution is 2.11. The number of rotatable bonds is 7. The van der Waals surface area contributed by atoms with Gasteiger partial charge in [0, 0.05) is 32.9 Å². The van der Waals surface area contributed by atoms with Crippen LogP contribution in [0.15, 0.2) is 23.3 Å². The summed E-state index contributed by atoms with van der Waals surface area (Å²) in [4.78, 5) is 22.9. The molecule has 0 spiro atoms. The molecule has 1 aromatic rings. The van der Waals surface area contributed by atoms with Gasteiger partial charge in [0.05, 0.1) is 12.2 Å². The van der Waals surface area contributed by atoms with Crippen LogP contribution in [0.1, 0.15) is 52.3 Å². The van der Waals surface area contributed by atoms with Crippen LogP contribution in [0, 0.1) is 12.8 Å². The van der Waals surface area contributed by atoms with Gasteiger partial charge in [-0.3, -0.25) is 9.98 Å². The predicted octanol–water partition coefficient (Wildman–Crippen LogP) is 3.95. The van der Waals surface area contributed by atoms with Crippen molar-refractivity contribution in [2.45, 2.75) is 66.2 Å². The first-order valence-electron chi connectivity index (χ1n) is 9.85. The van der Waals surface area contributed by atoms with E-state index in [0.717, 1.165) is 30.2 Å². The van der Waals surface area contributed by atoms with Gasteiger partial charge in [-0.25, -0.2) is 4.79 Å². The number of halogens is 1. The van der Waals surface area contributed by atoms with E-state index >= 15 is 0 Å². The predicted molar refractivity (Wildman–Crippen MR) is 130 cm³/mol. The number of carbonyl (C=O) groups excluding carboxylic acids is 1. The molecule has 1 amide bonds. The van der Waals surface area contributed by atoms with Gasteiger partial charge in [0.15, 0.2) is 5.96 Å². The van der Waals surface area contributed by atoms with Crippen LogP contribution in [0.5, 0.6) is 0 Å². The Morgan fingerprint density at radius 3 is 2.52 bits per heavy atom. The first kappa shape index (κ1) is 27.4. The minimum atomic E-state index is -0.502. The highest BCUT2D eigenvalue weighted by atomic mass is 127. The van der Waals surface area contributed by atoms with Crippen molar-refractivity contribution in [2.24, 2.45) is 10.9 Å². The second-order valence-electron chi connectivity index (χ2n) is 8.37. The fraction of sp³-hybridized carbons (Fsp3) is 0.667. The molecule has 0 fully saturated rings. The number of nitrogens with one attached hydrogen (secondary N) is 2. The Bertz CT molecular complexity index is 659. The molecule has 0 bridgehead atoms. The highest BCUT2D eigenvalue weighted by Gasteiger charge is 2.22. The second-order valence-corrected chi connectivity index (χ2v) is 8.37. The van der Waals surface area contributed by atoms with Crippen molar-refractivity contribution < 1.29 is 9.53 Å². The van der Waals surface area contributed by atoms with Crippen LogP contribution in [0.4, 0.5) is 4.79 Å². The minimum Gasteiger partial charge on any atom is -0.444 e. The fourth-order valence-corrected chi connectivity index (χ4v) is 2.72. The molecular weight excluding hydrogens is 481 g/mol. The minimum absolute atomic E-state index is 0. The first-order valence-corrected chi connectivity index (χ1v) is 9.85. The summed E-state index contributed by atoms with van der Waals surface area (Å²) in [5.74, 6) is 1.09. The average Bonchev–Trinajstić information content (AvgIpc) is 2.58. The second kappa shape index (κ2) is 12.9. The molecule has 166 valence electrons. The van der Waals surface area contributed by atoms with Crippen LogP contribution in [0.2, 0.25) is 0 Å². The monoisotopic (exact) mass is 519 g/mol. The van der Waals surface area contributed by atoms with Crippen molar-refractivity contribution in [1.29, 1.82) is 0 Å². The Labute approximate surface area is 193 Å². The molecule has 0 aliphatic carbocycles. The number of aromatic nitrogens is 1. The molecule has 0 aromatic carbocycles. The largest absolute Gasteiger partial charge is 0.444 e. The number of nitrogens with zero attached hydrogens (tertiary/aromatic N) is 3. The Hall–Kier alpha value is -1.58. The molecule has 1 heterocycles. The molecule has 1 atom stereocenters. The quantitative estimate of drug-likeness (QED) is 0.324. The number of hydrogen-bond acceptors (Lipinski definition) is 4. The van der Waals surface area contributed by atoms with E-state index in [9.17, 15) is 4.79 Å². The van der Waals surface area contributed by atoms with E-state index in [1.165, 1.54) is 0 Å². The molecule has 0 saturated heterocycles. The summed E-state index contributed by atoms with van der Waals surface area (Å²) in [6, 6.07) is 4.00. The lowest BCUT2D eigenvalue weighted by atomic mass is 10.0. The third kappa shape index (κ3) is 10.7. The molecule has 0 radical (unpaired) electrons. The van der Waals surface area contributed by atoms with Crippen molar-refractivity contribution >= 4 is 36.0 Å². The third-order valence-corrected chi connectivity index (χ3v) is 4.39. The molecule has 0 aliphatic rings. The Morgan fingerprint density at radius 2 is 2.00 bits per heavy atom. The molecular formula is C21H38IN5O2. The van der Waals surface area contributed by atoms with Crippen molar-refractivity contribution in [3.63, 3.8) is 0 Å². The number of ether oxygens (including phenoxy) is 1. The molecule has 2 N–H and O–H groups in total. The van der Waals surface area contributed by atoms with Gasteiger partial charge in [-0.1, -0.05) is 19.9 Å². The van der Waals surface area contributed by atoms with Gasteiger partial charge >= 0.3 is 6.09 Å². The lowest BCUT2D eigenvalue weighted by Crippen LogP contribution is -2.45. The maximum atomic E-state index is 12.1. The van der Waals surface area contributed by atoms with Crippen LogP contribution >= 0.6 is 24.0 Å². The van der Waals surface area contributed by atoms with Gasteiger partial charge in [0.1, 0.15) is 5.60 Å². The van der Waals surface area contributed by atoms with Gasteiger partial charge in [-0.15, -0.1) is 24.0 Å². The number of aryl methyl sites for hydroxylation is 1. The normalized spacial score (nSPS) is 12.8. The van der Waals surface area contributed by atoms with Crippen molar-refractivity contribution in [1.82, 2.24) is 20.5 Å². The number of aliphatic imine (C=N–C) groups is 1. The van der Waals surface area contributed by atoms with E-state index in [1.807, 2.05) is 46.9 Å². The highest BCUT2D eigenvalue weighted by molar-refractivity contribution is 14.0. The lowest BCUT2D eigenvalue weighted by molar-refractivity contribution is 0.0486. The van der Waals surface area contributed by atoms with Gasteiger partial charge < -0.3 is 20.3 Å². The Kier molecular flexibility index (Phi) is 12.2. The number of pyridine rings is 1. The lowest BCUT2D eigenvalue weighted by Gasteiger charge is -2.28. The zero-order valence-electron chi connectivity index (χ0n) is 19.1. The third-order valence-electron chi connectivity index (χ3n) is 4.39. The van der Waals surface area contributed by atoms with Gasteiger partial charge in [-0.05, 0) is 51.7 Å². The van der Waals surface area contributed by atoms with Crippen LogP contribution in [0.25, 0.3) is 0 Å². The van der Waals surface area contributed by atoms with Crippen molar-refractivity contribution in [2.75, 3.05) is 20.6 Å². The molecule has 0 aliphatic heterocycles. The molecule has 0 saturated carbocycles. The SMILES string of the molecule is CN=C(NCc1ncccc1C)N(C)CCC(NC(=O)OC(C)(C)C)C(C)C.I. The molecule has 29 heavy (non-hydrogen) atoms. The summed E-state index contributed by atoms with van der Waals surface area (Å²) in [5.41, 5.74) is 1.65. The first-order chi connectivity index (χ1) is 13.0. The van der Waals surface area contributed by atoms with Crippen LogP contribution in [-0.2, 0) is 11.3 Å². The average molecular weight is 519 g/mol. The Balaban J connectivity index is 0.00000784. The summed E-state index contributed by atoms with van der Waals surface area (Å²) in [5, 5.41) is 6.35. The topological polar surface area (TPSA) is 78.9 Å². The summed E-state index contributed by atoms with van der Waals surface area (Å²) < 4.78 is 5.39. The van der Waals surface area contributed by atoms with Gasteiger partial charge in [0.2, 0.25) is 0 Å². The van der Waals surface area contributed by atoms with E-state index in [1.54, 1.807) is 13.2 Å². The van der Waals surface area contributed by atoms with Crippen LogP contribution < -0.4 is 10.6 Å². The summed E-state index contributed by atoms with van der Waals surface area (Å²) >= 11 is 0. The number of hydrogen-bond donors (Lipinski definition) is 2. The maximum Gasteiger partial charge on any atom is 0.407 e. The van der Waals surface area contributed by atoms with Crippen LogP contribution in [0.3, 0.4) is 0 Å². The van der Waals surface area contributed by atoms with Crippen molar-refractivity contribution in [3.8, 4) is 0 Å². The van der Waals surface area contributed by atoms with E-state index in [0.29, 0.717) is 12.5 Å². The Morgan fingerprint density at radius 1 is 1.34 bits per heavy atom. The molecule has 8 heteroatoms. The molecule has 1 rings (SSSR count). The zero-order valence-corrected chi connectivity index (χ0v) is 21.4. The smallest absolute Gasteiger partial charge is 0.407 e. The maximum absolute atomic E-state index is 12.1. The molecule has 1 unspecified atom stereocenters. The molecule has 1 aromatic heterocycles. The van der Waals surface area contributed by atoms with Crippen molar-refractivity contribution in [3.05, 3.63) is 29.6 Å². The number of guanidine groups is 1. The van der Waals surface area contributed by atoms with E-state index < -0.39 is 5.60 Å². The zero-order chi connectivity index (χ0) is 21.3. The summed E-state index contributed by atoms with van der Waals surface area (Å²) in [7, 11) is 3.76. The van der Waals surface area contributed by atoms with E-state index in [2.05, 4.69) is 39.4 Å². The fourth-order valence-electron chi connectivity index (χ4n) is 2.72. The van der Waals surface area contributed by atoms with E-state index in [-0.39, 0.29) is 36.1 Å². The summed E-state index contributed by atoms with van der Waals surface area (Å²) in [6.07, 6.45) is 2.21. The number of carbonyl (C=O) groups is 1. The van der Waals surface area contributed by atoms with E-state index in [4.69, 9.17) is 4.74 Å². The standard InChI is InChI=1S/C21H37N5O2.HI/c1-15(2)17(25-20(27)28-21(4,5)6)11-13-26(8)19(22-7)24-14-18-16(3)10-9-12-23-18;/h9-10,12,15,17H,11,13-14H2,1-8H3,(H,22,24)(H,25,27);1H. The molecule has 7 nitrogen and oxygen atoms in total. The number of alkyl carbamates (subject to hydrolysis) is 1. The van der Waals surface area contributed by atoms with Gasteiger partial charge in [-0.2, -0.15) is 0 Å². The number of amides is 1. The van der Waals surface area contributed by atoms with Crippen LogP contribution in [-0.4, -0.2) is 54.2 Å². The summed E-state index contributed by atoms with van der Waals surface area (Å²) in [6.45, 7) is 13.2.